The van der Waals surface area contributed by atoms with E-state index in [1.807, 2.05) is 0 Å². The van der Waals surface area contributed by atoms with Gasteiger partial charge in [0, 0.05) is 0 Å². The van der Waals surface area contributed by atoms with Crippen LogP contribution in [0.3, 0.4) is 0 Å². The zero-order valence-electron chi connectivity index (χ0n) is 6.31. The molecule has 7 heteroatoms. The summed E-state index contributed by atoms with van der Waals surface area (Å²) < 4.78 is 4.37. The van der Waals surface area contributed by atoms with Gasteiger partial charge in [0.25, 0.3) is 0 Å². The summed E-state index contributed by atoms with van der Waals surface area (Å²) in [7, 11) is 1.21. The van der Waals surface area contributed by atoms with Crippen LogP contribution in [0.25, 0.3) is 0 Å². The molecule has 1 aromatic heterocycles. The van der Waals surface area contributed by atoms with Crippen molar-refractivity contribution in [3.63, 3.8) is 0 Å². The largest absolute Gasteiger partial charge is 0.464 e. The van der Waals surface area contributed by atoms with Gasteiger partial charge >= 0.3 is 5.97 Å². The number of carbonyl (C=O) groups excluding carboxylic acids is 1. The van der Waals surface area contributed by atoms with Gasteiger partial charge in [0.15, 0.2) is 11.5 Å². The second kappa shape index (κ2) is 2.99. The van der Waals surface area contributed by atoms with Gasteiger partial charge in [-0.05, 0) is 0 Å². The lowest BCUT2D eigenvalue weighted by Crippen LogP contribution is -2.13. The summed E-state index contributed by atoms with van der Waals surface area (Å²) in [5.41, 5.74) is 10.3. The van der Waals surface area contributed by atoms with Gasteiger partial charge in [-0.2, -0.15) is 0 Å². The second-order valence-electron chi connectivity index (χ2n) is 1.90. The molecule has 0 atom stereocenters. The van der Waals surface area contributed by atoms with E-state index in [1.54, 1.807) is 0 Å². The Balaban J connectivity index is 3.13. The molecular weight excluding hydrogens is 162 g/mol. The van der Waals surface area contributed by atoms with Crippen LogP contribution in [-0.4, -0.2) is 28.3 Å². The fourth-order valence-electron chi connectivity index (χ4n) is 0.594. The molecule has 0 aliphatic rings. The van der Waals surface area contributed by atoms with Gasteiger partial charge in [-0.3, -0.25) is 0 Å². The number of hydrogen-bond donors (Lipinski definition) is 2. The molecule has 0 unspecified atom stereocenters. The first kappa shape index (κ1) is 8.18. The van der Waals surface area contributed by atoms with Crippen LogP contribution >= 0.6 is 0 Å². The number of rotatable bonds is 1. The number of aromatic nitrogens is 3. The third-order valence-corrected chi connectivity index (χ3v) is 1.11. The van der Waals surface area contributed by atoms with Crippen LogP contribution in [0.4, 0.5) is 11.8 Å². The number of anilines is 2. The summed E-state index contributed by atoms with van der Waals surface area (Å²) in [4.78, 5) is 14.4. The van der Waals surface area contributed by atoms with Crippen LogP contribution in [-0.2, 0) is 4.74 Å². The molecule has 1 heterocycles. The zero-order chi connectivity index (χ0) is 9.14. The van der Waals surface area contributed by atoms with Crippen molar-refractivity contribution >= 4 is 17.7 Å². The topological polar surface area (TPSA) is 117 Å². The minimum Gasteiger partial charge on any atom is -0.464 e. The van der Waals surface area contributed by atoms with Gasteiger partial charge < -0.3 is 16.2 Å². The summed E-state index contributed by atoms with van der Waals surface area (Å²) in [6.45, 7) is 0. The van der Waals surface area contributed by atoms with Crippen molar-refractivity contribution in [2.75, 3.05) is 18.6 Å². The number of nitrogen functional groups attached to an aromatic ring is 2. The van der Waals surface area contributed by atoms with E-state index in [4.69, 9.17) is 11.5 Å². The van der Waals surface area contributed by atoms with Gasteiger partial charge in [-0.1, -0.05) is 0 Å². The average Bonchev–Trinajstić information content (AvgIpc) is 2.08. The molecule has 0 aromatic carbocycles. The molecule has 0 saturated heterocycles. The average molecular weight is 169 g/mol. The van der Waals surface area contributed by atoms with E-state index in [0.29, 0.717) is 0 Å². The Labute approximate surface area is 67.7 Å². The lowest BCUT2D eigenvalue weighted by molar-refractivity contribution is 0.0595. The van der Waals surface area contributed by atoms with Crippen molar-refractivity contribution in [2.45, 2.75) is 0 Å². The van der Waals surface area contributed by atoms with Crippen LogP contribution in [0.2, 0.25) is 0 Å². The van der Waals surface area contributed by atoms with Crippen LogP contribution < -0.4 is 11.5 Å². The molecule has 0 saturated carbocycles. The molecule has 0 radical (unpaired) electrons. The fraction of sp³-hybridized carbons (Fsp3) is 0.200. The number of nitrogens with two attached hydrogens (primary N) is 2. The number of nitrogens with zero attached hydrogens (tertiary/aromatic N) is 3. The number of methoxy groups -OCH3 is 1. The number of esters is 1. The van der Waals surface area contributed by atoms with Gasteiger partial charge in [0.05, 0.1) is 7.11 Å². The molecule has 4 N–H and O–H groups in total. The molecule has 12 heavy (non-hydrogen) atoms. The standard InChI is InChI=1S/C5H7N5O2/c1-12-4(11)2-3(6)9-10-5(7)8-2/h1H3,(H2,6,9)(H2,7,8,10). The Morgan fingerprint density at radius 3 is 2.67 bits per heavy atom. The minimum absolute atomic E-state index is 0.101. The molecule has 1 rings (SSSR count). The van der Waals surface area contributed by atoms with Crippen LogP contribution in [0.1, 0.15) is 10.5 Å². The van der Waals surface area contributed by atoms with Crippen LogP contribution in [0, 0.1) is 0 Å². The first-order valence-corrected chi connectivity index (χ1v) is 2.99. The number of carbonyl (C=O) groups is 1. The zero-order valence-corrected chi connectivity index (χ0v) is 6.31. The van der Waals surface area contributed by atoms with Gasteiger partial charge in [0.2, 0.25) is 5.95 Å². The molecular formula is C5H7N5O2. The Hall–Kier alpha value is -1.92. The maximum Gasteiger partial charge on any atom is 0.360 e. The maximum absolute atomic E-state index is 10.9. The summed E-state index contributed by atoms with van der Waals surface area (Å²) >= 11 is 0. The molecule has 0 amide bonds. The molecule has 7 nitrogen and oxygen atoms in total. The second-order valence-corrected chi connectivity index (χ2v) is 1.90. The predicted octanol–water partition coefficient (Wildman–Crippen LogP) is -1.18. The molecule has 0 aliphatic heterocycles. The van der Waals surface area contributed by atoms with Gasteiger partial charge in [-0.25, -0.2) is 9.78 Å². The van der Waals surface area contributed by atoms with E-state index in [1.165, 1.54) is 7.11 Å². The van der Waals surface area contributed by atoms with Crippen molar-refractivity contribution in [3.8, 4) is 0 Å². The molecule has 0 bridgehead atoms. The minimum atomic E-state index is -0.686. The third-order valence-electron chi connectivity index (χ3n) is 1.11. The fourth-order valence-corrected chi connectivity index (χ4v) is 0.594. The predicted molar refractivity (Wildman–Crippen MR) is 40.0 cm³/mol. The van der Waals surface area contributed by atoms with E-state index in [9.17, 15) is 4.79 Å². The summed E-state index contributed by atoms with van der Waals surface area (Å²) in [6, 6.07) is 0. The maximum atomic E-state index is 10.9. The van der Waals surface area contributed by atoms with E-state index in [0.717, 1.165) is 0 Å². The molecule has 0 fully saturated rings. The monoisotopic (exact) mass is 169 g/mol. The Bertz CT molecular complexity index is 313. The van der Waals surface area contributed by atoms with Crippen LogP contribution in [0.5, 0.6) is 0 Å². The van der Waals surface area contributed by atoms with Crippen molar-refractivity contribution in [2.24, 2.45) is 0 Å². The summed E-state index contributed by atoms with van der Waals surface area (Å²) in [5.74, 6) is -0.908. The van der Waals surface area contributed by atoms with Crippen molar-refractivity contribution in [3.05, 3.63) is 5.69 Å². The van der Waals surface area contributed by atoms with E-state index >= 15 is 0 Å². The smallest absolute Gasteiger partial charge is 0.360 e. The van der Waals surface area contributed by atoms with E-state index in [2.05, 4.69) is 19.9 Å². The quantitative estimate of drug-likeness (QED) is 0.508. The summed E-state index contributed by atoms with van der Waals surface area (Å²) in [5, 5.41) is 6.73. The first-order valence-electron chi connectivity index (χ1n) is 2.99. The third kappa shape index (κ3) is 1.39. The lowest BCUT2D eigenvalue weighted by atomic mass is 10.4. The highest BCUT2D eigenvalue weighted by molar-refractivity contribution is 5.91. The Morgan fingerprint density at radius 2 is 2.08 bits per heavy atom. The number of ether oxygens (including phenoxy) is 1. The van der Waals surface area contributed by atoms with E-state index < -0.39 is 5.97 Å². The van der Waals surface area contributed by atoms with Crippen molar-refractivity contribution in [1.82, 2.24) is 15.2 Å². The van der Waals surface area contributed by atoms with Gasteiger partial charge in [0.1, 0.15) is 0 Å². The Morgan fingerprint density at radius 1 is 1.42 bits per heavy atom. The number of hydrogen-bond acceptors (Lipinski definition) is 7. The lowest BCUT2D eigenvalue weighted by Gasteiger charge is -2.00. The van der Waals surface area contributed by atoms with Crippen LogP contribution in [0.15, 0.2) is 0 Å². The molecule has 0 aliphatic carbocycles. The normalized spacial score (nSPS) is 9.42. The summed E-state index contributed by atoms with van der Waals surface area (Å²) in [6.07, 6.45) is 0. The highest BCUT2D eigenvalue weighted by Gasteiger charge is 2.13. The highest BCUT2D eigenvalue weighted by atomic mass is 16.5. The Kier molecular flexibility index (Phi) is 2.04. The first-order chi connectivity index (χ1) is 5.65. The van der Waals surface area contributed by atoms with E-state index in [-0.39, 0.29) is 17.5 Å². The molecule has 0 spiro atoms. The van der Waals surface area contributed by atoms with Gasteiger partial charge in [-0.15, -0.1) is 10.2 Å². The molecule has 1 aromatic rings. The SMILES string of the molecule is COC(=O)c1nc(N)nnc1N. The highest BCUT2D eigenvalue weighted by Crippen LogP contribution is 2.05. The van der Waals surface area contributed by atoms with Crippen molar-refractivity contribution < 1.29 is 9.53 Å². The molecule has 64 valence electrons. The van der Waals surface area contributed by atoms with Crippen molar-refractivity contribution in [1.29, 1.82) is 0 Å².